The first kappa shape index (κ1) is 24.3. The van der Waals surface area contributed by atoms with Crippen molar-refractivity contribution in [2.45, 2.75) is 46.3 Å². The van der Waals surface area contributed by atoms with E-state index in [9.17, 15) is 10.2 Å². The SMILES string of the molecule is Cc1ncc(CO)c(CN2CCN(c3cccc4[nH]c(-c5ccc(C(C)(C)C)cc5)nc34)CC2)c1O. The van der Waals surface area contributed by atoms with Gasteiger partial charge in [-0.05, 0) is 30.0 Å². The first-order valence-electron chi connectivity index (χ1n) is 12.6. The number of aromatic hydroxyl groups is 1. The third kappa shape index (κ3) is 4.68. The number of hydrogen-bond donors (Lipinski definition) is 3. The Morgan fingerprint density at radius 3 is 2.39 bits per heavy atom. The highest BCUT2D eigenvalue weighted by atomic mass is 16.3. The van der Waals surface area contributed by atoms with Gasteiger partial charge >= 0.3 is 0 Å². The lowest BCUT2D eigenvalue weighted by molar-refractivity contribution is 0.239. The summed E-state index contributed by atoms with van der Waals surface area (Å²) in [6, 6.07) is 15.0. The first-order valence-corrected chi connectivity index (χ1v) is 12.6. The van der Waals surface area contributed by atoms with Crippen molar-refractivity contribution in [1.29, 1.82) is 0 Å². The maximum atomic E-state index is 10.5. The quantitative estimate of drug-likeness (QED) is 0.378. The first-order chi connectivity index (χ1) is 17.2. The number of imidazole rings is 1. The van der Waals surface area contributed by atoms with E-state index in [1.165, 1.54) is 5.56 Å². The van der Waals surface area contributed by atoms with Crippen LogP contribution in [0.2, 0.25) is 0 Å². The van der Waals surface area contributed by atoms with Gasteiger partial charge in [0.05, 0.1) is 23.5 Å². The molecule has 0 unspecified atom stereocenters. The van der Waals surface area contributed by atoms with Crippen LogP contribution in [0.5, 0.6) is 5.75 Å². The fourth-order valence-electron chi connectivity index (χ4n) is 4.90. The van der Waals surface area contributed by atoms with E-state index in [-0.39, 0.29) is 17.8 Å². The zero-order valence-corrected chi connectivity index (χ0v) is 21.5. The van der Waals surface area contributed by atoms with E-state index in [4.69, 9.17) is 4.98 Å². The number of nitrogens with one attached hydrogen (secondary N) is 1. The minimum atomic E-state index is -0.126. The molecule has 0 saturated carbocycles. The van der Waals surface area contributed by atoms with Crippen LogP contribution < -0.4 is 4.90 Å². The van der Waals surface area contributed by atoms with Crippen molar-refractivity contribution in [3.05, 3.63) is 71.0 Å². The Morgan fingerprint density at radius 1 is 1.00 bits per heavy atom. The van der Waals surface area contributed by atoms with Crippen LogP contribution in [-0.4, -0.2) is 56.2 Å². The number of aryl methyl sites for hydroxylation is 1. The molecule has 188 valence electrons. The van der Waals surface area contributed by atoms with E-state index in [0.29, 0.717) is 17.8 Å². The van der Waals surface area contributed by atoms with Crippen LogP contribution >= 0.6 is 0 Å². The van der Waals surface area contributed by atoms with Gasteiger partial charge in [0, 0.05) is 55.6 Å². The molecule has 0 atom stereocenters. The highest BCUT2D eigenvalue weighted by Crippen LogP contribution is 2.31. The number of piperazine rings is 1. The van der Waals surface area contributed by atoms with Crippen LogP contribution in [0.4, 0.5) is 5.69 Å². The van der Waals surface area contributed by atoms with Crippen LogP contribution in [0.1, 0.15) is 43.2 Å². The van der Waals surface area contributed by atoms with E-state index >= 15 is 0 Å². The normalized spacial score (nSPS) is 15.1. The molecule has 1 saturated heterocycles. The zero-order chi connectivity index (χ0) is 25.4. The molecule has 5 rings (SSSR count). The van der Waals surface area contributed by atoms with Crippen LogP contribution in [0, 0.1) is 6.92 Å². The molecule has 0 bridgehead atoms. The molecule has 2 aromatic carbocycles. The Labute approximate surface area is 212 Å². The van der Waals surface area contributed by atoms with Crippen molar-refractivity contribution >= 4 is 16.7 Å². The topological polar surface area (TPSA) is 88.5 Å². The molecule has 0 amide bonds. The molecule has 36 heavy (non-hydrogen) atoms. The molecule has 2 aromatic heterocycles. The molecule has 1 aliphatic heterocycles. The molecule has 0 spiro atoms. The summed E-state index contributed by atoms with van der Waals surface area (Å²) in [5.74, 6) is 1.07. The largest absolute Gasteiger partial charge is 0.506 e. The van der Waals surface area contributed by atoms with Crippen molar-refractivity contribution in [1.82, 2.24) is 19.9 Å². The van der Waals surface area contributed by atoms with Crippen molar-refractivity contribution < 1.29 is 10.2 Å². The Bertz CT molecular complexity index is 1360. The number of H-pyrrole nitrogens is 1. The third-order valence-corrected chi connectivity index (χ3v) is 7.21. The van der Waals surface area contributed by atoms with Gasteiger partial charge in [0.2, 0.25) is 0 Å². The number of benzene rings is 2. The smallest absolute Gasteiger partial charge is 0.141 e. The average molecular weight is 486 g/mol. The van der Waals surface area contributed by atoms with Gasteiger partial charge in [0.25, 0.3) is 0 Å². The minimum absolute atomic E-state index is 0.121. The van der Waals surface area contributed by atoms with Gasteiger partial charge in [-0.2, -0.15) is 0 Å². The summed E-state index contributed by atoms with van der Waals surface area (Å²) in [7, 11) is 0. The number of aliphatic hydroxyl groups is 1. The fourth-order valence-corrected chi connectivity index (χ4v) is 4.90. The van der Waals surface area contributed by atoms with Gasteiger partial charge in [-0.1, -0.05) is 51.1 Å². The number of para-hydroxylation sites is 1. The van der Waals surface area contributed by atoms with Gasteiger partial charge in [-0.3, -0.25) is 9.88 Å². The second-order valence-corrected chi connectivity index (χ2v) is 10.7. The summed E-state index contributed by atoms with van der Waals surface area (Å²) in [5.41, 5.74) is 7.73. The third-order valence-electron chi connectivity index (χ3n) is 7.21. The molecule has 7 nitrogen and oxygen atoms in total. The van der Waals surface area contributed by atoms with Gasteiger partial charge in [0.1, 0.15) is 17.1 Å². The second kappa shape index (κ2) is 9.56. The number of aliphatic hydroxyl groups excluding tert-OH is 1. The number of aromatic nitrogens is 3. The van der Waals surface area contributed by atoms with Crippen molar-refractivity contribution in [3.63, 3.8) is 0 Å². The Hall–Kier alpha value is -3.42. The average Bonchev–Trinajstić information content (AvgIpc) is 3.32. The number of rotatable bonds is 5. The molecule has 3 N–H and O–H groups in total. The lowest BCUT2D eigenvalue weighted by atomic mass is 9.87. The number of anilines is 1. The summed E-state index contributed by atoms with van der Waals surface area (Å²) in [6.45, 7) is 12.4. The van der Waals surface area contributed by atoms with Gasteiger partial charge < -0.3 is 20.1 Å². The maximum Gasteiger partial charge on any atom is 0.141 e. The number of hydrogen-bond acceptors (Lipinski definition) is 6. The molecule has 7 heteroatoms. The predicted octanol–water partition coefficient (Wildman–Crippen LogP) is 4.75. The fraction of sp³-hybridized carbons (Fsp3) is 0.379. The van der Waals surface area contributed by atoms with Crippen LogP contribution in [0.15, 0.2) is 48.7 Å². The maximum absolute atomic E-state index is 10.5. The van der Waals surface area contributed by atoms with Crippen LogP contribution in [0.25, 0.3) is 22.4 Å². The minimum Gasteiger partial charge on any atom is -0.506 e. The molecule has 4 aromatic rings. The summed E-state index contributed by atoms with van der Waals surface area (Å²) in [6.07, 6.45) is 1.66. The van der Waals surface area contributed by atoms with Crippen molar-refractivity contribution in [2.24, 2.45) is 0 Å². The highest BCUT2D eigenvalue weighted by molar-refractivity contribution is 5.91. The van der Waals surface area contributed by atoms with E-state index in [2.05, 4.69) is 83.0 Å². The zero-order valence-electron chi connectivity index (χ0n) is 21.5. The number of nitrogens with zero attached hydrogens (tertiary/aromatic N) is 4. The predicted molar refractivity (Wildman–Crippen MR) is 144 cm³/mol. The van der Waals surface area contributed by atoms with E-state index in [0.717, 1.165) is 59.9 Å². The number of aromatic amines is 1. The lowest BCUT2D eigenvalue weighted by Crippen LogP contribution is -2.46. The summed E-state index contributed by atoms with van der Waals surface area (Å²) in [5, 5.41) is 20.2. The highest BCUT2D eigenvalue weighted by Gasteiger charge is 2.23. The molecule has 0 radical (unpaired) electrons. The Kier molecular flexibility index (Phi) is 6.45. The van der Waals surface area contributed by atoms with Gasteiger partial charge in [-0.25, -0.2) is 4.98 Å². The molecular weight excluding hydrogens is 450 g/mol. The van der Waals surface area contributed by atoms with Crippen LogP contribution in [-0.2, 0) is 18.6 Å². The van der Waals surface area contributed by atoms with Crippen molar-refractivity contribution in [2.75, 3.05) is 31.1 Å². The Morgan fingerprint density at radius 2 is 1.72 bits per heavy atom. The van der Waals surface area contributed by atoms with Gasteiger partial charge in [0.15, 0.2) is 0 Å². The summed E-state index contributed by atoms with van der Waals surface area (Å²) < 4.78 is 0. The molecule has 1 fully saturated rings. The molecule has 3 heterocycles. The van der Waals surface area contributed by atoms with Crippen LogP contribution in [0.3, 0.4) is 0 Å². The van der Waals surface area contributed by atoms with E-state index in [1.54, 1.807) is 13.1 Å². The standard InChI is InChI=1S/C29H35N5O2/c1-19-27(36)23(21(18-35)16-30-19)17-33-12-14-34(15-13-33)25-7-5-6-24-26(25)32-28(31-24)20-8-10-22(11-9-20)29(2,3)4/h5-11,16,35-36H,12-15,17-18H2,1-4H3,(H,31,32). The lowest BCUT2D eigenvalue weighted by Gasteiger charge is -2.36. The number of pyridine rings is 1. The molecular formula is C29H35N5O2. The van der Waals surface area contributed by atoms with E-state index < -0.39 is 0 Å². The number of fused-ring (bicyclic) bond motifs is 1. The second-order valence-electron chi connectivity index (χ2n) is 10.7. The molecule has 0 aliphatic carbocycles. The summed E-state index contributed by atoms with van der Waals surface area (Å²) in [4.78, 5) is 17.4. The Balaban J connectivity index is 1.33. The van der Waals surface area contributed by atoms with E-state index in [1.807, 2.05) is 0 Å². The van der Waals surface area contributed by atoms with Gasteiger partial charge in [-0.15, -0.1) is 0 Å². The monoisotopic (exact) mass is 485 g/mol. The molecule has 1 aliphatic rings. The van der Waals surface area contributed by atoms with Crippen molar-refractivity contribution in [3.8, 4) is 17.1 Å². The summed E-state index contributed by atoms with van der Waals surface area (Å²) >= 11 is 0.